The molecule has 1 atom stereocenters. The average molecular weight is 458 g/mol. The molecule has 0 saturated carbocycles. The van der Waals surface area contributed by atoms with Crippen molar-refractivity contribution in [3.8, 4) is 5.75 Å². The predicted octanol–water partition coefficient (Wildman–Crippen LogP) is 5.04. The number of nitrogens with one attached hydrogen (secondary N) is 1. The fourth-order valence-corrected chi connectivity index (χ4v) is 5.15. The van der Waals surface area contributed by atoms with Crippen LogP contribution in [0, 0.1) is 25.6 Å². The second-order valence-electron chi connectivity index (χ2n) is 9.52. The number of ketones is 1. The summed E-state index contributed by atoms with van der Waals surface area (Å²) in [6.45, 7) is 3.99. The highest BCUT2D eigenvalue weighted by Crippen LogP contribution is 2.53. The van der Waals surface area contributed by atoms with Crippen molar-refractivity contribution in [3.05, 3.63) is 85.5 Å². The maximum absolute atomic E-state index is 13.5. The van der Waals surface area contributed by atoms with Crippen LogP contribution >= 0.6 is 0 Å². The summed E-state index contributed by atoms with van der Waals surface area (Å²) in [6.07, 6.45) is 0.786. The van der Waals surface area contributed by atoms with E-state index in [2.05, 4.69) is 5.32 Å². The lowest BCUT2D eigenvalue weighted by atomic mass is 9.67. The quantitative estimate of drug-likeness (QED) is 0.428. The molecule has 5 rings (SSSR count). The number of hydrogen-bond acceptors (Lipinski definition) is 7. The number of nitro benzene ring substituents is 2. The van der Waals surface area contributed by atoms with Gasteiger partial charge < -0.3 is 10.4 Å². The Hall–Kier alpha value is -4.27. The van der Waals surface area contributed by atoms with Gasteiger partial charge in [0.25, 0.3) is 11.4 Å². The molecular formula is C25H20N3O6-. The number of Topliss-reactive ketones (excluding diaryl/α,β-unsaturated/α-hetero) is 1. The number of anilines is 1. The highest BCUT2D eigenvalue weighted by Gasteiger charge is 2.41. The van der Waals surface area contributed by atoms with Crippen molar-refractivity contribution >= 4 is 39.2 Å². The van der Waals surface area contributed by atoms with Crippen molar-refractivity contribution in [3.63, 3.8) is 0 Å². The predicted molar refractivity (Wildman–Crippen MR) is 124 cm³/mol. The average Bonchev–Trinajstić information content (AvgIpc) is 2.77. The summed E-state index contributed by atoms with van der Waals surface area (Å²) in [4.78, 5) is 34.7. The van der Waals surface area contributed by atoms with Crippen LogP contribution in [0.2, 0.25) is 0 Å². The highest BCUT2D eigenvalue weighted by atomic mass is 16.6. The first kappa shape index (κ1) is 21.6. The first-order valence-corrected chi connectivity index (χ1v) is 10.8. The van der Waals surface area contributed by atoms with Gasteiger partial charge in [0, 0.05) is 29.3 Å². The molecule has 0 fully saturated rings. The van der Waals surface area contributed by atoms with Gasteiger partial charge in [-0.05, 0) is 45.6 Å². The molecule has 1 heterocycles. The standard InChI is InChI=1S/C25H21N3O6/c1-25(2)11-17-21-15-6-4-3-5-13(15)7-8-18(21)26-23(22(17)20(29)12-25)16-9-14(27(31)32)10-19(24(16)30)28(33)34/h3-10,23,26,30H,11-12H2,1-2H3/p-1/t23-/m0/s1. The zero-order valence-corrected chi connectivity index (χ0v) is 18.5. The van der Waals surface area contributed by atoms with Gasteiger partial charge in [-0.15, -0.1) is 0 Å². The molecule has 0 saturated heterocycles. The number of carbonyl (C=O) groups is 1. The first-order chi connectivity index (χ1) is 16.1. The van der Waals surface area contributed by atoms with E-state index in [9.17, 15) is 30.1 Å². The maximum Gasteiger partial charge on any atom is 0.276 e. The summed E-state index contributed by atoms with van der Waals surface area (Å²) in [5.74, 6) is -1.13. The number of rotatable bonds is 3. The third-order valence-corrected chi connectivity index (χ3v) is 6.54. The second kappa shape index (κ2) is 7.38. The van der Waals surface area contributed by atoms with Crippen LogP contribution in [0.1, 0.15) is 43.9 Å². The molecule has 2 aliphatic rings. The van der Waals surface area contributed by atoms with E-state index in [0.29, 0.717) is 23.7 Å². The molecule has 9 nitrogen and oxygen atoms in total. The van der Waals surface area contributed by atoms with Crippen molar-refractivity contribution in [1.29, 1.82) is 0 Å². The van der Waals surface area contributed by atoms with Crippen LogP contribution in [0.15, 0.2) is 54.1 Å². The molecular weight excluding hydrogens is 438 g/mol. The third kappa shape index (κ3) is 3.28. The Labute approximate surface area is 194 Å². The molecule has 3 aromatic rings. The Morgan fingerprint density at radius 1 is 1.00 bits per heavy atom. The van der Waals surface area contributed by atoms with Crippen molar-refractivity contribution < 1.29 is 19.7 Å². The van der Waals surface area contributed by atoms with Crippen LogP contribution in [0.25, 0.3) is 16.3 Å². The van der Waals surface area contributed by atoms with Crippen molar-refractivity contribution in [1.82, 2.24) is 0 Å². The number of allylic oxidation sites excluding steroid dienone is 1. The molecule has 1 aliphatic carbocycles. The van der Waals surface area contributed by atoms with Crippen LogP contribution in [-0.4, -0.2) is 15.6 Å². The number of nitrogens with zero attached hydrogens (tertiary/aromatic N) is 2. The lowest BCUT2D eigenvalue weighted by Gasteiger charge is -2.40. The van der Waals surface area contributed by atoms with Gasteiger partial charge in [-0.25, -0.2) is 0 Å². The third-order valence-electron chi connectivity index (χ3n) is 6.54. The van der Waals surface area contributed by atoms with Gasteiger partial charge in [0.1, 0.15) is 0 Å². The zero-order valence-electron chi connectivity index (χ0n) is 18.5. The monoisotopic (exact) mass is 458 g/mol. The second-order valence-corrected chi connectivity index (χ2v) is 9.52. The molecule has 1 N–H and O–H groups in total. The molecule has 9 heteroatoms. The van der Waals surface area contributed by atoms with E-state index >= 15 is 0 Å². The van der Waals surface area contributed by atoms with E-state index in [0.717, 1.165) is 28.0 Å². The lowest BCUT2D eigenvalue weighted by molar-refractivity contribution is -0.403. The minimum atomic E-state index is -1.03. The van der Waals surface area contributed by atoms with Crippen molar-refractivity contribution in [2.75, 3.05) is 5.32 Å². The fraction of sp³-hybridized carbons (Fsp3) is 0.240. The van der Waals surface area contributed by atoms with Crippen LogP contribution in [0.3, 0.4) is 0 Å². The molecule has 0 radical (unpaired) electrons. The fourth-order valence-electron chi connectivity index (χ4n) is 5.15. The van der Waals surface area contributed by atoms with Gasteiger partial charge in [-0.2, -0.15) is 0 Å². The number of hydrogen-bond donors (Lipinski definition) is 1. The van der Waals surface area contributed by atoms with E-state index in [4.69, 9.17) is 0 Å². The summed E-state index contributed by atoms with van der Waals surface area (Å²) in [7, 11) is 0. The lowest BCUT2D eigenvalue weighted by Crippen LogP contribution is -2.33. The topological polar surface area (TPSA) is 138 Å². The Bertz CT molecular complexity index is 1460. The van der Waals surface area contributed by atoms with Gasteiger partial charge in [0.05, 0.1) is 22.0 Å². The van der Waals surface area contributed by atoms with Gasteiger partial charge in [-0.1, -0.05) is 44.2 Å². The zero-order chi connectivity index (χ0) is 24.4. The molecule has 3 aromatic carbocycles. The smallest absolute Gasteiger partial charge is 0.276 e. The maximum atomic E-state index is 13.5. The Balaban J connectivity index is 1.83. The summed E-state index contributed by atoms with van der Waals surface area (Å²) < 4.78 is 0. The number of carbonyl (C=O) groups excluding carboxylic acids is 1. The van der Waals surface area contributed by atoms with E-state index in [1.165, 1.54) is 0 Å². The molecule has 0 amide bonds. The van der Waals surface area contributed by atoms with E-state index in [-0.39, 0.29) is 23.2 Å². The molecule has 0 unspecified atom stereocenters. The molecule has 0 bridgehead atoms. The molecule has 0 aromatic heterocycles. The minimum Gasteiger partial charge on any atom is -0.868 e. The highest BCUT2D eigenvalue weighted by molar-refractivity contribution is 6.13. The number of nitro groups is 2. The van der Waals surface area contributed by atoms with Crippen LogP contribution < -0.4 is 10.4 Å². The summed E-state index contributed by atoms with van der Waals surface area (Å²) in [6, 6.07) is 12.2. The van der Waals surface area contributed by atoms with Crippen LogP contribution in [0.5, 0.6) is 5.75 Å². The van der Waals surface area contributed by atoms with E-state index in [1.54, 1.807) is 0 Å². The first-order valence-electron chi connectivity index (χ1n) is 10.8. The van der Waals surface area contributed by atoms with Gasteiger partial charge in [0.15, 0.2) is 5.78 Å². The minimum absolute atomic E-state index is 0.180. The van der Waals surface area contributed by atoms with Gasteiger partial charge in [0.2, 0.25) is 0 Å². The van der Waals surface area contributed by atoms with Crippen LogP contribution in [-0.2, 0) is 4.79 Å². The Morgan fingerprint density at radius 2 is 1.74 bits per heavy atom. The molecule has 1 aliphatic heterocycles. The summed E-state index contributed by atoms with van der Waals surface area (Å²) in [5, 5.41) is 41.2. The summed E-state index contributed by atoms with van der Waals surface area (Å²) in [5.41, 5.74) is 0.667. The SMILES string of the molecule is CC1(C)CC(=O)C2=C(C1)c1c(ccc3ccccc13)N[C@H]2c1cc([N+](=O)[O-])cc([N+](=O)[O-])c1[O-]. The molecule has 34 heavy (non-hydrogen) atoms. The largest absolute Gasteiger partial charge is 0.868 e. The van der Waals surface area contributed by atoms with Gasteiger partial charge >= 0.3 is 0 Å². The number of fused-ring (bicyclic) bond motifs is 4. The normalized spacial score (nSPS) is 18.8. The Morgan fingerprint density at radius 3 is 2.44 bits per heavy atom. The van der Waals surface area contributed by atoms with E-state index in [1.807, 2.05) is 50.2 Å². The molecule has 0 spiro atoms. The van der Waals surface area contributed by atoms with Crippen LogP contribution in [0.4, 0.5) is 17.1 Å². The molecule has 172 valence electrons. The number of benzene rings is 3. The van der Waals surface area contributed by atoms with Gasteiger partial charge in [-0.3, -0.25) is 25.0 Å². The summed E-state index contributed by atoms with van der Waals surface area (Å²) >= 11 is 0. The Kier molecular flexibility index (Phi) is 4.68. The van der Waals surface area contributed by atoms with E-state index < -0.39 is 33.0 Å². The van der Waals surface area contributed by atoms with Crippen molar-refractivity contribution in [2.24, 2.45) is 5.41 Å². The number of non-ortho nitro benzene ring substituents is 1. The van der Waals surface area contributed by atoms with Crippen molar-refractivity contribution in [2.45, 2.75) is 32.7 Å².